The van der Waals surface area contributed by atoms with Crippen LogP contribution in [0, 0.1) is 21.8 Å². The Morgan fingerprint density at radius 3 is 2.52 bits per heavy atom. The fourth-order valence-corrected chi connectivity index (χ4v) is 2.87. The van der Waals surface area contributed by atoms with E-state index in [1.807, 2.05) is 19.3 Å². The minimum atomic E-state index is -4.16. The molecule has 0 heterocycles. The predicted molar refractivity (Wildman–Crippen MR) is 75.5 cm³/mol. The molecule has 0 spiro atoms. The number of nitrogen functional groups attached to an aromatic ring is 1. The van der Waals surface area contributed by atoms with E-state index in [9.17, 15) is 22.9 Å². The second kappa shape index (κ2) is 6.78. The number of nitrogens with zero attached hydrogens (tertiary/aromatic N) is 1. The molecule has 0 bridgehead atoms. The first-order valence-corrected chi connectivity index (χ1v) is 7.61. The Morgan fingerprint density at radius 2 is 2.05 bits per heavy atom. The fraction of sp³-hybridized carbons (Fsp3) is 0.455. The van der Waals surface area contributed by atoms with E-state index in [2.05, 4.69) is 4.72 Å². The average Bonchev–Trinajstić information content (AvgIpc) is 2.36. The molecule has 0 aliphatic carbocycles. The number of nitrogens with two attached hydrogens (primary N) is 1. The molecule has 0 aliphatic heterocycles. The number of rotatable bonds is 7. The molecule has 4 N–H and O–H groups in total. The SMILES string of the molecule is CC(C)CCNS(=O)(=O)c1c(F)cc([N+](=O)[O-])cc1NN. The number of non-ortho nitro benzene ring substituents is 1. The quantitative estimate of drug-likeness (QED) is 0.395. The van der Waals surface area contributed by atoms with E-state index in [1.165, 1.54) is 0 Å². The Hall–Kier alpha value is -1.78. The van der Waals surface area contributed by atoms with Gasteiger partial charge < -0.3 is 5.43 Å². The van der Waals surface area contributed by atoms with E-state index in [0.29, 0.717) is 12.5 Å². The highest BCUT2D eigenvalue weighted by atomic mass is 32.2. The minimum Gasteiger partial charge on any atom is -0.323 e. The van der Waals surface area contributed by atoms with Crippen molar-refractivity contribution in [2.45, 2.75) is 25.2 Å². The number of nitro benzene ring substituents is 1. The van der Waals surface area contributed by atoms with Crippen molar-refractivity contribution < 1.29 is 17.7 Å². The van der Waals surface area contributed by atoms with Crippen molar-refractivity contribution in [3.8, 4) is 0 Å². The standard InChI is InChI=1S/C11H17FN4O4S/c1-7(2)3-4-14-21(19,20)11-9(12)5-8(16(17)18)6-10(11)15-13/h5-7,14-15H,3-4,13H2,1-2H3. The van der Waals surface area contributed by atoms with E-state index in [-0.39, 0.29) is 18.2 Å². The number of halogens is 1. The van der Waals surface area contributed by atoms with Crippen molar-refractivity contribution in [3.63, 3.8) is 0 Å². The van der Waals surface area contributed by atoms with Gasteiger partial charge in [0.15, 0.2) is 5.82 Å². The van der Waals surface area contributed by atoms with Gasteiger partial charge in [0, 0.05) is 12.6 Å². The van der Waals surface area contributed by atoms with Gasteiger partial charge in [-0.05, 0) is 12.3 Å². The molecule has 0 radical (unpaired) electrons. The summed E-state index contributed by atoms with van der Waals surface area (Å²) in [6, 6.07) is 1.40. The summed E-state index contributed by atoms with van der Waals surface area (Å²) in [5, 5.41) is 10.6. The maximum Gasteiger partial charge on any atom is 0.274 e. The Morgan fingerprint density at radius 1 is 1.43 bits per heavy atom. The molecule has 10 heteroatoms. The first-order valence-electron chi connectivity index (χ1n) is 6.13. The van der Waals surface area contributed by atoms with Crippen LogP contribution < -0.4 is 16.0 Å². The molecule has 1 aromatic rings. The van der Waals surface area contributed by atoms with Gasteiger partial charge in [-0.3, -0.25) is 16.0 Å². The lowest BCUT2D eigenvalue weighted by molar-refractivity contribution is -0.385. The van der Waals surface area contributed by atoms with Gasteiger partial charge in [-0.15, -0.1) is 0 Å². The van der Waals surface area contributed by atoms with Crippen LogP contribution in [0.5, 0.6) is 0 Å². The molecule has 0 atom stereocenters. The van der Waals surface area contributed by atoms with Crippen molar-refractivity contribution >= 4 is 21.4 Å². The lowest BCUT2D eigenvalue weighted by Crippen LogP contribution is -2.28. The average molecular weight is 320 g/mol. The van der Waals surface area contributed by atoms with Gasteiger partial charge in [-0.1, -0.05) is 13.8 Å². The fourth-order valence-electron chi connectivity index (χ4n) is 1.62. The molecule has 118 valence electrons. The van der Waals surface area contributed by atoms with Gasteiger partial charge in [0.1, 0.15) is 4.90 Å². The summed E-state index contributed by atoms with van der Waals surface area (Å²) in [5.74, 6) is 4.15. The Balaban J connectivity index is 3.19. The molecule has 0 unspecified atom stereocenters. The summed E-state index contributed by atoms with van der Waals surface area (Å²) in [6.07, 6.45) is 0.569. The van der Waals surface area contributed by atoms with Crippen molar-refractivity contribution in [1.29, 1.82) is 0 Å². The van der Waals surface area contributed by atoms with Crippen molar-refractivity contribution in [2.24, 2.45) is 11.8 Å². The van der Waals surface area contributed by atoms with Crippen LogP contribution in [0.1, 0.15) is 20.3 Å². The van der Waals surface area contributed by atoms with Crippen LogP contribution in [0.4, 0.5) is 15.8 Å². The monoisotopic (exact) mass is 320 g/mol. The summed E-state index contributed by atoms with van der Waals surface area (Å²) < 4.78 is 40.3. The Labute approximate surface area is 121 Å². The van der Waals surface area contributed by atoms with Crippen molar-refractivity contribution in [2.75, 3.05) is 12.0 Å². The smallest absolute Gasteiger partial charge is 0.274 e. The van der Waals surface area contributed by atoms with Crippen LogP contribution in [0.3, 0.4) is 0 Å². The molecular formula is C11H17FN4O4S. The van der Waals surface area contributed by atoms with Crippen LogP contribution in [-0.2, 0) is 10.0 Å². The molecule has 8 nitrogen and oxygen atoms in total. The number of hydrazine groups is 1. The number of hydrogen-bond acceptors (Lipinski definition) is 6. The summed E-state index contributed by atoms with van der Waals surface area (Å²) in [5.41, 5.74) is 1.00. The first-order chi connectivity index (χ1) is 9.69. The maximum atomic E-state index is 13.9. The third kappa shape index (κ3) is 4.34. The molecule has 0 aliphatic rings. The zero-order chi connectivity index (χ0) is 16.2. The molecule has 0 saturated heterocycles. The molecule has 0 aromatic heterocycles. The number of hydrogen-bond donors (Lipinski definition) is 3. The third-order valence-corrected chi connectivity index (χ3v) is 4.21. The summed E-state index contributed by atoms with van der Waals surface area (Å²) in [4.78, 5) is 9.06. The van der Waals surface area contributed by atoms with Crippen LogP contribution in [0.15, 0.2) is 17.0 Å². The van der Waals surface area contributed by atoms with Crippen LogP contribution >= 0.6 is 0 Å². The molecule has 21 heavy (non-hydrogen) atoms. The van der Waals surface area contributed by atoms with Crippen LogP contribution in [-0.4, -0.2) is 19.9 Å². The van der Waals surface area contributed by atoms with E-state index >= 15 is 0 Å². The third-order valence-electron chi connectivity index (χ3n) is 2.68. The summed E-state index contributed by atoms with van der Waals surface area (Å²) in [6.45, 7) is 3.95. The van der Waals surface area contributed by atoms with Gasteiger partial charge in [-0.2, -0.15) is 0 Å². The Bertz CT molecular complexity index is 633. The van der Waals surface area contributed by atoms with Crippen molar-refractivity contribution in [1.82, 2.24) is 4.72 Å². The molecule has 1 rings (SSSR count). The van der Waals surface area contributed by atoms with Crippen molar-refractivity contribution in [3.05, 3.63) is 28.1 Å². The van der Waals surface area contributed by atoms with E-state index in [1.54, 1.807) is 0 Å². The predicted octanol–water partition coefficient (Wildman–Crippen LogP) is 1.34. The normalized spacial score (nSPS) is 11.7. The highest BCUT2D eigenvalue weighted by Gasteiger charge is 2.26. The molecule has 0 amide bonds. The Kier molecular flexibility index (Phi) is 5.58. The largest absolute Gasteiger partial charge is 0.323 e. The molecular weight excluding hydrogens is 303 g/mol. The maximum absolute atomic E-state index is 13.9. The number of benzene rings is 1. The van der Waals surface area contributed by atoms with Gasteiger partial charge in [0.2, 0.25) is 10.0 Å². The molecule has 1 aromatic carbocycles. The van der Waals surface area contributed by atoms with Gasteiger partial charge in [0.05, 0.1) is 16.7 Å². The number of nitrogens with one attached hydrogen (secondary N) is 2. The second-order valence-corrected chi connectivity index (χ2v) is 6.49. The first kappa shape index (κ1) is 17.3. The topological polar surface area (TPSA) is 127 Å². The van der Waals surface area contributed by atoms with Gasteiger partial charge in [-0.25, -0.2) is 17.5 Å². The zero-order valence-corrected chi connectivity index (χ0v) is 12.4. The summed E-state index contributed by atoms with van der Waals surface area (Å²) in [7, 11) is -4.16. The number of anilines is 1. The molecule has 0 fully saturated rings. The highest BCUT2D eigenvalue weighted by molar-refractivity contribution is 7.89. The lowest BCUT2D eigenvalue weighted by atomic mass is 10.1. The van der Waals surface area contributed by atoms with Crippen LogP contribution in [0.2, 0.25) is 0 Å². The van der Waals surface area contributed by atoms with Gasteiger partial charge in [0.25, 0.3) is 5.69 Å². The lowest BCUT2D eigenvalue weighted by Gasteiger charge is -2.12. The van der Waals surface area contributed by atoms with E-state index in [4.69, 9.17) is 5.84 Å². The van der Waals surface area contributed by atoms with E-state index < -0.39 is 31.3 Å². The molecule has 0 saturated carbocycles. The van der Waals surface area contributed by atoms with E-state index in [0.717, 1.165) is 6.07 Å². The highest BCUT2D eigenvalue weighted by Crippen LogP contribution is 2.29. The number of sulfonamides is 1. The summed E-state index contributed by atoms with van der Waals surface area (Å²) >= 11 is 0. The number of nitro groups is 1. The van der Waals surface area contributed by atoms with Crippen LogP contribution in [0.25, 0.3) is 0 Å². The zero-order valence-electron chi connectivity index (χ0n) is 11.6. The minimum absolute atomic E-state index is 0.125. The second-order valence-electron chi connectivity index (χ2n) is 4.79. The van der Waals surface area contributed by atoms with Gasteiger partial charge >= 0.3 is 0 Å².